The average Bonchev–Trinajstić information content (AvgIpc) is 4.08. The van der Waals surface area contributed by atoms with E-state index in [0.717, 1.165) is 16.9 Å². The molecule has 0 bridgehead atoms. The topological polar surface area (TPSA) is 356 Å². The number of hydrogen-bond donors (Lipinski definition) is 11. The van der Waals surface area contributed by atoms with Gasteiger partial charge < -0.3 is 62.5 Å². The summed E-state index contributed by atoms with van der Waals surface area (Å²) < 4.78 is 0. The van der Waals surface area contributed by atoms with Crippen LogP contribution in [0.2, 0.25) is 0 Å². The third-order valence-corrected chi connectivity index (χ3v) is 12.6. The number of carbonyl (C=O) groups excluding carboxylic acids is 7. The van der Waals surface area contributed by atoms with Gasteiger partial charge >= 0.3 is 23.9 Å². The number of benzene rings is 2. The molecule has 0 radical (unpaired) electrons. The van der Waals surface area contributed by atoms with Gasteiger partial charge in [0.05, 0.1) is 6.04 Å². The van der Waals surface area contributed by atoms with Crippen LogP contribution in [-0.4, -0.2) is 152 Å². The molecule has 11 N–H and O–H groups in total. The van der Waals surface area contributed by atoms with E-state index in [1.54, 1.807) is 74.5 Å². The number of carbonyl (C=O) groups is 11. The molecule has 392 valence electrons. The number of amides is 7. The van der Waals surface area contributed by atoms with Crippen LogP contribution in [0.25, 0.3) is 0 Å². The minimum Gasteiger partial charge on any atom is -0.481 e. The Morgan fingerprint density at radius 3 is 1.47 bits per heavy atom. The predicted molar refractivity (Wildman–Crippen MR) is 255 cm³/mol. The first kappa shape index (κ1) is 57.2. The monoisotopic (exact) mass is 1010 g/mol. The van der Waals surface area contributed by atoms with E-state index in [0.29, 0.717) is 31.4 Å². The Labute approximate surface area is 416 Å². The molecule has 2 aromatic rings. The molecule has 72 heavy (non-hydrogen) atoms. The zero-order valence-electron chi connectivity index (χ0n) is 40.3. The lowest BCUT2D eigenvalue weighted by molar-refractivity contribution is -0.150. The third kappa shape index (κ3) is 18.1. The number of hydrogen-bond acceptors (Lipinski definition) is 12. The van der Waals surface area contributed by atoms with Crippen LogP contribution in [0.15, 0.2) is 60.7 Å². The van der Waals surface area contributed by atoms with Gasteiger partial charge in [0.1, 0.15) is 42.3 Å². The van der Waals surface area contributed by atoms with Gasteiger partial charge in [0.25, 0.3) is 0 Å². The van der Waals surface area contributed by atoms with E-state index in [-0.39, 0.29) is 31.7 Å². The van der Waals surface area contributed by atoms with Crippen molar-refractivity contribution in [3.63, 3.8) is 0 Å². The summed E-state index contributed by atoms with van der Waals surface area (Å²) in [6.07, 6.45) is -1.70. The van der Waals surface area contributed by atoms with E-state index in [2.05, 4.69) is 37.2 Å². The second kappa shape index (κ2) is 28.4. The van der Waals surface area contributed by atoms with Gasteiger partial charge in [-0.2, -0.15) is 0 Å². The molecule has 2 heterocycles. The van der Waals surface area contributed by atoms with Crippen molar-refractivity contribution in [3.8, 4) is 0 Å². The first-order valence-corrected chi connectivity index (χ1v) is 24.1. The van der Waals surface area contributed by atoms with Crippen molar-refractivity contribution >= 4 is 65.2 Å². The smallest absolute Gasteiger partial charge is 0.326 e. The third-order valence-electron chi connectivity index (χ3n) is 12.6. The van der Waals surface area contributed by atoms with Gasteiger partial charge in [0.2, 0.25) is 41.4 Å². The van der Waals surface area contributed by atoms with Crippen molar-refractivity contribution in [2.75, 3.05) is 13.1 Å². The molecular formula is C49H66N8O15. The van der Waals surface area contributed by atoms with E-state index >= 15 is 0 Å². The number of carboxylic acid groups (broad SMARTS) is 4. The Hall–Kier alpha value is -7.43. The standard InChI is InChI=1S/C49H66N8O15/c1-3-28(2)41(56-46(68)36(27-30-14-8-5-9-15-30)54-42(64)31-16-10-24-50-31)47(69)55-35(26-29-12-6-4-7-13-29)45(67)52-32(18-21-38(58)59)43(65)51-33(19-22-39(60)61)44(66)53-34(20-23-40(62)63)48(70)57-25-11-17-37(57)49(71)72/h4-9,12-15,28,31-37,41,50H,3,10-11,16-27H2,1-2H3,(H,51,65)(H,52,67)(H,53,66)(H,54,64)(H,55,69)(H,56,68)(H,58,59)(H,60,61)(H,62,63)(H,71,72)/t28?,31-,32-,33-,34-,35-,36-,37-,41-/m0/s1. The molecule has 4 rings (SSSR count). The summed E-state index contributed by atoms with van der Waals surface area (Å²) in [7, 11) is 0. The van der Waals surface area contributed by atoms with Gasteiger partial charge in [-0.25, -0.2) is 4.79 Å². The molecule has 0 spiro atoms. The zero-order valence-corrected chi connectivity index (χ0v) is 40.3. The van der Waals surface area contributed by atoms with Gasteiger partial charge in [-0.1, -0.05) is 80.9 Å². The largest absolute Gasteiger partial charge is 0.481 e. The van der Waals surface area contributed by atoms with Crippen LogP contribution in [0, 0.1) is 5.92 Å². The minimum atomic E-state index is -1.77. The number of rotatable bonds is 29. The second-order valence-electron chi connectivity index (χ2n) is 18.0. The summed E-state index contributed by atoms with van der Waals surface area (Å²) in [5.74, 6) is -12.1. The summed E-state index contributed by atoms with van der Waals surface area (Å²) >= 11 is 0. The van der Waals surface area contributed by atoms with Crippen LogP contribution < -0.4 is 37.2 Å². The van der Waals surface area contributed by atoms with E-state index < -0.39 is 152 Å². The molecule has 0 saturated carbocycles. The minimum absolute atomic E-state index is 0.00860. The highest BCUT2D eigenvalue weighted by molar-refractivity contribution is 5.98. The Bertz CT molecular complexity index is 2240. The Kier molecular flexibility index (Phi) is 22.6. The van der Waals surface area contributed by atoms with Crippen molar-refractivity contribution in [3.05, 3.63) is 71.8 Å². The van der Waals surface area contributed by atoms with Crippen LogP contribution in [0.4, 0.5) is 0 Å². The van der Waals surface area contributed by atoms with Gasteiger partial charge in [-0.15, -0.1) is 0 Å². The summed E-state index contributed by atoms with van der Waals surface area (Å²) in [5.41, 5.74) is 1.28. The zero-order chi connectivity index (χ0) is 52.9. The SMILES string of the molecule is CCC(C)[C@H](NC(=O)[C@H](Cc1ccccc1)NC(=O)[C@@H]1CCCN1)C(=O)N[C@@H](Cc1ccccc1)C(=O)N[C@@H](CCC(=O)O)C(=O)N[C@@H](CCC(=O)O)C(=O)N[C@@H](CCC(=O)O)C(=O)N1CCC[C@H]1C(=O)O. The fourth-order valence-corrected chi connectivity index (χ4v) is 8.42. The van der Waals surface area contributed by atoms with Gasteiger partial charge in [0, 0.05) is 38.6 Å². The Morgan fingerprint density at radius 2 is 1.01 bits per heavy atom. The molecule has 23 nitrogen and oxygen atoms in total. The molecule has 23 heteroatoms. The fraction of sp³-hybridized carbons (Fsp3) is 0.531. The number of likely N-dealkylation sites (tertiary alicyclic amines) is 1. The molecule has 9 atom stereocenters. The number of carboxylic acids is 4. The molecule has 2 aliphatic rings. The van der Waals surface area contributed by atoms with Crippen molar-refractivity contribution < 1.29 is 73.2 Å². The van der Waals surface area contributed by atoms with Crippen LogP contribution in [0.5, 0.6) is 0 Å². The highest BCUT2D eigenvalue weighted by Crippen LogP contribution is 2.20. The molecule has 7 amide bonds. The average molecular weight is 1010 g/mol. The maximum Gasteiger partial charge on any atom is 0.326 e. The van der Waals surface area contributed by atoms with E-state index in [9.17, 15) is 73.2 Å². The highest BCUT2D eigenvalue weighted by Gasteiger charge is 2.40. The molecule has 2 aliphatic heterocycles. The summed E-state index contributed by atoms with van der Waals surface area (Å²) in [4.78, 5) is 146. The number of nitrogens with one attached hydrogen (secondary N) is 7. The lowest BCUT2D eigenvalue weighted by Gasteiger charge is -2.30. The molecule has 2 saturated heterocycles. The molecule has 2 fully saturated rings. The fourth-order valence-electron chi connectivity index (χ4n) is 8.42. The van der Waals surface area contributed by atoms with Crippen LogP contribution >= 0.6 is 0 Å². The van der Waals surface area contributed by atoms with Crippen LogP contribution in [0.1, 0.15) is 95.6 Å². The van der Waals surface area contributed by atoms with E-state index in [4.69, 9.17) is 0 Å². The second-order valence-corrected chi connectivity index (χ2v) is 18.0. The number of nitrogens with zero attached hydrogens (tertiary/aromatic N) is 1. The first-order chi connectivity index (χ1) is 34.3. The lowest BCUT2D eigenvalue weighted by Crippen LogP contribution is -2.61. The van der Waals surface area contributed by atoms with Gasteiger partial charge in [-0.3, -0.25) is 47.9 Å². The van der Waals surface area contributed by atoms with E-state index in [1.165, 1.54) is 0 Å². The lowest BCUT2D eigenvalue weighted by atomic mass is 9.96. The van der Waals surface area contributed by atoms with Crippen LogP contribution in [-0.2, 0) is 65.6 Å². The number of aliphatic carboxylic acids is 4. The van der Waals surface area contributed by atoms with Gasteiger partial charge in [0.15, 0.2) is 0 Å². The van der Waals surface area contributed by atoms with E-state index in [1.807, 2.05) is 0 Å². The molecule has 1 unspecified atom stereocenters. The molecule has 2 aromatic carbocycles. The highest BCUT2D eigenvalue weighted by atomic mass is 16.4. The first-order valence-electron chi connectivity index (χ1n) is 24.1. The quantitative estimate of drug-likeness (QED) is 0.0505. The summed E-state index contributed by atoms with van der Waals surface area (Å²) in [6.45, 7) is 4.12. The summed E-state index contributed by atoms with van der Waals surface area (Å²) in [6, 6.07) is 6.60. The van der Waals surface area contributed by atoms with Crippen molar-refractivity contribution in [2.45, 2.75) is 146 Å². The van der Waals surface area contributed by atoms with Crippen molar-refractivity contribution in [2.24, 2.45) is 5.92 Å². The van der Waals surface area contributed by atoms with Crippen molar-refractivity contribution in [1.82, 2.24) is 42.1 Å². The Morgan fingerprint density at radius 1 is 0.569 bits per heavy atom. The normalized spacial score (nSPS) is 18.1. The molecule has 0 aromatic heterocycles. The van der Waals surface area contributed by atoms with Gasteiger partial charge in [-0.05, 0) is 68.5 Å². The van der Waals surface area contributed by atoms with Crippen LogP contribution in [0.3, 0.4) is 0 Å². The predicted octanol–water partition coefficient (Wildman–Crippen LogP) is -0.151. The maximum atomic E-state index is 14.4. The Balaban J connectivity index is 1.60. The maximum absolute atomic E-state index is 14.4. The molecule has 0 aliphatic carbocycles. The molecular weight excluding hydrogens is 941 g/mol. The van der Waals surface area contributed by atoms with Crippen molar-refractivity contribution in [1.29, 1.82) is 0 Å². The summed E-state index contributed by atoms with van der Waals surface area (Å²) in [5, 5.41) is 56.8.